The van der Waals surface area contributed by atoms with Gasteiger partial charge in [0.1, 0.15) is 5.52 Å². The number of rotatable bonds is 1. The number of fused-ring (bicyclic) bond motifs is 1. The third-order valence-corrected chi connectivity index (χ3v) is 2.08. The van der Waals surface area contributed by atoms with E-state index in [0.717, 1.165) is 12.1 Å². The van der Waals surface area contributed by atoms with Gasteiger partial charge in [-0.2, -0.15) is 0 Å². The van der Waals surface area contributed by atoms with Gasteiger partial charge in [-0.3, -0.25) is 9.78 Å². The van der Waals surface area contributed by atoms with Crippen molar-refractivity contribution in [1.82, 2.24) is 9.55 Å². The van der Waals surface area contributed by atoms with Crippen LogP contribution in [0.5, 0.6) is 0 Å². The van der Waals surface area contributed by atoms with Gasteiger partial charge in [0.2, 0.25) is 5.43 Å². The lowest BCUT2D eigenvalue weighted by Crippen LogP contribution is -2.08. The molecule has 2 heterocycles. The zero-order chi connectivity index (χ0) is 9.26. The largest absolute Gasteiger partial charge is 0.346 e. The number of aromatic nitrogens is 2. The molecule has 2 aromatic rings. The fraction of sp³-hybridized carbons (Fsp3) is 0.200. The van der Waals surface area contributed by atoms with Crippen LogP contribution in [0.1, 0.15) is 6.92 Å². The summed E-state index contributed by atoms with van der Waals surface area (Å²) < 4.78 is 2.00. The first-order valence-electron chi connectivity index (χ1n) is 4.27. The van der Waals surface area contributed by atoms with Gasteiger partial charge < -0.3 is 4.57 Å². The van der Waals surface area contributed by atoms with E-state index in [1.165, 1.54) is 0 Å². The van der Waals surface area contributed by atoms with E-state index < -0.39 is 0 Å². The Hall–Kier alpha value is -1.64. The Morgan fingerprint density at radius 1 is 1.46 bits per heavy atom. The minimum atomic E-state index is -0.0136. The topological polar surface area (TPSA) is 34.9 Å². The normalized spacial score (nSPS) is 10.5. The van der Waals surface area contributed by atoms with Crippen molar-refractivity contribution in [2.24, 2.45) is 0 Å². The van der Waals surface area contributed by atoms with Gasteiger partial charge in [-0.15, -0.1) is 0 Å². The van der Waals surface area contributed by atoms with Crippen LogP contribution in [0.4, 0.5) is 0 Å². The zero-order valence-corrected chi connectivity index (χ0v) is 7.40. The maximum absolute atomic E-state index is 11.4. The van der Waals surface area contributed by atoms with E-state index in [2.05, 4.69) is 4.98 Å². The molecule has 3 heteroatoms. The molecule has 66 valence electrons. The van der Waals surface area contributed by atoms with Gasteiger partial charge >= 0.3 is 0 Å². The first kappa shape index (κ1) is 7.98. The summed E-state index contributed by atoms with van der Waals surface area (Å²) in [5.74, 6) is 0. The molecule has 0 N–H and O–H groups in total. The Morgan fingerprint density at radius 3 is 3.08 bits per heavy atom. The van der Waals surface area contributed by atoms with Crippen molar-refractivity contribution < 1.29 is 0 Å². The molecule has 0 aliphatic rings. The SMILES string of the molecule is CCn1ccc(=O)c2ncccc21. The minimum Gasteiger partial charge on any atom is -0.346 e. The summed E-state index contributed by atoms with van der Waals surface area (Å²) in [5, 5.41) is 0. The first-order valence-corrected chi connectivity index (χ1v) is 4.27. The molecule has 2 rings (SSSR count). The minimum absolute atomic E-state index is 0.0136. The number of nitrogens with zero attached hydrogens (tertiary/aromatic N) is 2. The van der Waals surface area contributed by atoms with Gasteiger partial charge in [0.25, 0.3) is 0 Å². The fourth-order valence-electron chi connectivity index (χ4n) is 1.41. The van der Waals surface area contributed by atoms with Crippen LogP contribution in [-0.4, -0.2) is 9.55 Å². The Morgan fingerprint density at radius 2 is 2.31 bits per heavy atom. The Labute approximate surface area is 75.7 Å². The highest BCUT2D eigenvalue weighted by Crippen LogP contribution is 2.05. The Balaban J connectivity index is 2.93. The van der Waals surface area contributed by atoms with Gasteiger partial charge in [0.15, 0.2) is 0 Å². The highest BCUT2D eigenvalue weighted by atomic mass is 16.1. The number of hydrogen-bond donors (Lipinski definition) is 0. The standard InChI is InChI=1S/C10H10N2O/c1-2-12-7-5-9(13)10-8(12)4-3-6-11-10/h3-7H,2H2,1H3. The van der Waals surface area contributed by atoms with Crippen molar-refractivity contribution in [3.63, 3.8) is 0 Å². The summed E-state index contributed by atoms with van der Waals surface area (Å²) in [7, 11) is 0. The second kappa shape index (κ2) is 3.01. The van der Waals surface area contributed by atoms with Crippen LogP contribution in [0.25, 0.3) is 11.0 Å². The second-order valence-corrected chi connectivity index (χ2v) is 2.84. The average molecular weight is 174 g/mol. The van der Waals surface area contributed by atoms with Crippen LogP contribution >= 0.6 is 0 Å². The highest BCUT2D eigenvalue weighted by molar-refractivity contribution is 5.73. The van der Waals surface area contributed by atoms with E-state index in [1.54, 1.807) is 18.5 Å². The van der Waals surface area contributed by atoms with Crippen molar-refractivity contribution in [3.05, 3.63) is 40.8 Å². The molecule has 13 heavy (non-hydrogen) atoms. The smallest absolute Gasteiger partial charge is 0.207 e. The average Bonchev–Trinajstić information content (AvgIpc) is 2.19. The van der Waals surface area contributed by atoms with Crippen molar-refractivity contribution >= 4 is 11.0 Å². The summed E-state index contributed by atoms with van der Waals surface area (Å²) in [5.41, 5.74) is 1.43. The van der Waals surface area contributed by atoms with Crippen LogP contribution in [-0.2, 0) is 6.54 Å². The van der Waals surface area contributed by atoms with E-state index >= 15 is 0 Å². The highest BCUT2D eigenvalue weighted by Gasteiger charge is 2.00. The Bertz CT molecular complexity index is 487. The molecule has 0 atom stereocenters. The third kappa shape index (κ3) is 1.22. The van der Waals surface area contributed by atoms with Crippen molar-refractivity contribution in [2.45, 2.75) is 13.5 Å². The van der Waals surface area contributed by atoms with Crippen molar-refractivity contribution in [3.8, 4) is 0 Å². The third-order valence-electron chi connectivity index (χ3n) is 2.08. The molecule has 0 saturated carbocycles. The first-order chi connectivity index (χ1) is 6.33. The van der Waals surface area contributed by atoms with Crippen LogP contribution in [0.2, 0.25) is 0 Å². The summed E-state index contributed by atoms with van der Waals surface area (Å²) in [6.45, 7) is 2.89. The lowest BCUT2D eigenvalue weighted by atomic mass is 10.3. The number of hydrogen-bond acceptors (Lipinski definition) is 2. The molecule has 0 amide bonds. The van der Waals surface area contributed by atoms with E-state index in [1.807, 2.05) is 23.6 Å². The second-order valence-electron chi connectivity index (χ2n) is 2.84. The molecule has 0 fully saturated rings. The molecule has 0 radical (unpaired) electrons. The lowest BCUT2D eigenvalue weighted by molar-refractivity contribution is 0.786. The van der Waals surface area contributed by atoms with E-state index in [0.29, 0.717) is 5.52 Å². The number of pyridine rings is 2. The summed E-state index contributed by atoms with van der Waals surface area (Å²) in [4.78, 5) is 15.4. The molecule has 0 unspecified atom stereocenters. The molecule has 0 aliphatic carbocycles. The summed E-state index contributed by atoms with van der Waals surface area (Å²) in [6.07, 6.45) is 3.44. The van der Waals surface area contributed by atoms with Gasteiger partial charge in [-0.05, 0) is 19.1 Å². The van der Waals surface area contributed by atoms with E-state index in [9.17, 15) is 4.79 Å². The number of aryl methyl sites for hydroxylation is 1. The van der Waals surface area contributed by atoms with E-state index in [4.69, 9.17) is 0 Å². The van der Waals surface area contributed by atoms with Gasteiger partial charge in [-0.25, -0.2) is 0 Å². The van der Waals surface area contributed by atoms with Crippen LogP contribution in [0, 0.1) is 0 Å². The quantitative estimate of drug-likeness (QED) is 0.655. The molecule has 0 spiro atoms. The van der Waals surface area contributed by atoms with Crippen LogP contribution in [0.3, 0.4) is 0 Å². The van der Waals surface area contributed by atoms with E-state index in [-0.39, 0.29) is 5.43 Å². The molecule has 0 aliphatic heterocycles. The fourth-order valence-corrected chi connectivity index (χ4v) is 1.41. The van der Waals surface area contributed by atoms with Crippen LogP contribution < -0.4 is 5.43 Å². The van der Waals surface area contributed by atoms with Gasteiger partial charge in [0, 0.05) is 25.0 Å². The monoisotopic (exact) mass is 174 g/mol. The molecule has 3 nitrogen and oxygen atoms in total. The maximum atomic E-state index is 11.4. The van der Waals surface area contributed by atoms with Crippen molar-refractivity contribution in [1.29, 1.82) is 0 Å². The van der Waals surface area contributed by atoms with Crippen LogP contribution in [0.15, 0.2) is 35.4 Å². The summed E-state index contributed by atoms with van der Waals surface area (Å²) >= 11 is 0. The zero-order valence-electron chi connectivity index (χ0n) is 7.40. The molecule has 0 aromatic carbocycles. The lowest BCUT2D eigenvalue weighted by Gasteiger charge is -2.05. The Kier molecular flexibility index (Phi) is 1.85. The molecule has 2 aromatic heterocycles. The summed E-state index contributed by atoms with van der Waals surface area (Å²) in [6, 6.07) is 5.31. The van der Waals surface area contributed by atoms with Gasteiger partial charge in [-0.1, -0.05) is 0 Å². The predicted octanol–water partition coefficient (Wildman–Crippen LogP) is 1.42. The maximum Gasteiger partial charge on any atom is 0.207 e. The molecule has 0 saturated heterocycles. The van der Waals surface area contributed by atoms with Gasteiger partial charge in [0.05, 0.1) is 5.52 Å². The van der Waals surface area contributed by atoms with Crippen molar-refractivity contribution in [2.75, 3.05) is 0 Å². The molecular weight excluding hydrogens is 164 g/mol. The predicted molar refractivity (Wildman–Crippen MR) is 51.7 cm³/mol. The molecule has 0 bridgehead atoms. The molecular formula is C10H10N2O.